The molecule has 1 saturated heterocycles. The van der Waals surface area contributed by atoms with Crippen LogP contribution in [0, 0.1) is 6.92 Å². The van der Waals surface area contributed by atoms with Gasteiger partial charge in [-0.05, 0) is 6.92 Å². The Bertz CT molecular complexity index is 648. The normalized spacial score (nSPS) is 30.2. The van der Waals surface area contributed by atoms with Gasteiger partial charge >= 0.3 is 0 Å². The van der Waals surface area contributed by atoms with Crippen LogP contribution in [0.4, 0.5) is 10.2 Å². The number of aryl methyl sites for hydroxylation is 1. The second-order valence-electron chi connectivity index (χ2n) is 4.66. The molecule has 108 valence electrons. The van der Waals surface area contributed by atoms with E-state index < -0.39 is 31.2 Å². The number of ether oxygens (including phenoxy) is 1. The summed E-state index contributed by atoms with van der Waals surface area (Å²) < 4.78 is 20.8. The Morgan fingerprint density at radius 2 is 2.25 bits per heavy atom. The van der Waals surface area contributed by atoms with E-state index in [4.69, 9.17) is 15.6 Å². The standard InChI is InChI=1S/C11H14FN5O3/c1-4-15-9(13)7-10(16-4)17(3-14-7)11-6(12)8(19)5(2-18)20-11/h3,5-6,8,11,18-19H,2H2,1H3,(H2,13,15,16)/t5?,6-,8?,11?/m1/s1. The number of fused-ring (bicyclic) bond motifs is 1. The van der Waals surface area contributed by atoms with Crippen LogP contribution < -0.4 is 5.73 Å². The van der Waals surface area contributed by atoms with Crippen LogP contribution in [-0.2, 0) is 4.74 Å². The summed E-state index contributed by atoms with van der Waals surface area (Å²) in [6, 6.07) is 0. The third-order valence-electron chi connectivity index (χ3n) is 3.31. The van der Waals surface area contributed by atoms with Gasteiger partial charge in [-0.15, -0.1) is 0 Å². The lowest BCUT2D eigenvalue weighted by atomic mass is 10.1. The fraction of sp³-hybridized carbons (Fsp3) is 0.545. The molecule has 4 N–H and O–H groups in total. The molecule has 3 unspecified atom stereocenters. The van der Waals surface area contributed by atoms with E-state index >= 15 is 0 Å². The van der Waals surface area contributed by atoms with Gasteiger partial charge in [0.2, 0.25) is 0 Å². The van der Waals surface area contributed by atoms with Crippen molar-refractivity contribution in [3.05, 3.63) is 12.2 Å². The van der Waals surface area contributed by atoms with Gasteiger partial charge < -0.3 is 20.7 Å². The fourth-order valence-electron chi connectivity index (χ4n) is 2.32. The lowest BCUT2D eigenvalue weighted by Crippen LogP contribution is -2.30. The highest BCUT2D eigenvalue weighted by Crippen LogP contribution is 2.33. The van der Waals surface area contributed by atoms with Crippen LogP contribution >= 0.6 is 0 Å². The molecule has 1 fully saturated rings. The van der Waals surface area contributed by atoms with E-state index in [2.05, 4.69) is 15.0 Å². The van der Waals surface area contributed by atoms with Crippen molar-refractivity contribution in [2.75, 3.05) is 12.3 Å². The molecule has 0 radical (unpaired) electrons. The summed E-state index contributed by atoms with van der Waals surface area (Å²) in [6.07, 6.45) is -3.85. The lowest BCUT2D eigenvalue weighted by molar-refractivity contribution is -0.0459. The predicted octanol–water partition coefficient (Wildman–Crippen LogP) is -0.694. The first-order chi connectivity index (χ1) is 9.52. The summed E-state index contributed by atoms with van der Waals surface area (Å²) in [4.78, 5) is 12.2. The Balaban J connectivity index is 2.07. The topological polar surface area (TPSA) is 119 Å². The maximum Gasteiger partial charge on any atom is 0.173 e. The first kappa shape index (κ1) is 13.2. The molecule has 8 nitrogen and oxygen atoms in total. The predicted molar refractivity (Wildman–Crippen MR) is 66.4 cm³/mol. The molecule has 3 rings (SSSR count). The quantitative estimate of drug-likeness (QED) is 0.667. The minimum Gasteiger partial charge on any atom is -0.394 e. The van der Waals surface area contributed by atoms with Crippen molar-refractivity contribution < 1.29 is 19.3 Å². The molecule has 9 heteroatoms. The average Bonchev–Trinajstić information content (AvgIpc) is 2.93. The molecule has 2 aromatic heterocycles. The fourth-order valence-corrected chi connectivity index (χ4v) is 2.32. The molecule has 0 spiro atoms. The van der Waals surface area contributed by atoms with Crippen molar-refractivity contribution in [2.45, 2.75) is 31.5 Å². The number of aliphatic hydroxyl groups excluding tert-OH is 2. The molecule has 4 atom stereocenters. The minimum absolute atomic E-state index is 0.193. The number of imidazole rings is 1. The van der Waals surface area contributed by atoms with E-state index in [0.29, 0.717) is 17.0 Å². The monoisotopic (exact) mass is 283 g/mol. The molecule has 2 aromatic rings. The summed E-state index contributed by atoms with van der Waals surface area (Å²) in [5, 5.41) is 18.7. The van der Waals surface area contributed by atoms with Crippen LogP contribution in [0.5, 0.6) is 0 Å². The van der Waals surface area contributed by atoms with Crippen LogP contribution in [0.2, 0.25) is 0 Å². The van der Waals surface area contributed by atoms with E-state index in [1.807, 2.05) is 0 Å². The first-order valence-corrected chi connectivity index (χ1v) is 6.08. The number of nitrogens with zero attached hydrogens (tertiary/aromatic N) is 4. The highest BCUT2D eigenvalue weighted by atomic mass is 19.1. The Kier molecular flexibility index (Phi) is 3.04. The number of nitrogens with two attached hydrogens (primary N) is 1. The van der Waals surface area contributed by atoms with Crippen LogP contribution in [-0.4, -0.2) is 54.7 Å². The highest BCUT2D eigenvalue weighted by Gasteiger charge is 2.45. The van der Waals surface area contributed by atoms with Gasteiger partial charge in [0.25, 0.3) is 0 Å². The number of halogens is 1. The molecular formula is C11H14FN5O3. The van der Waals surface area contributed by atoms with Gasteiger partial charge in [-0.1, -0.05) is 0 Å². The van der Waals surface area contributed by atoms with Gasteiger partial charge in [-0.3, -0.25) is 4.57 Å². The Morgan fingerprint density at radius 3 is 2.90 bits per heavy atom. The zero-order valence-electron chi connectivity index (χ0n) is 10.6. The molecular weight excluding hydrogens is 269 g/mol. The van der Waals surface area contributed by atoms with E-state index in [9.17, 15) is 9.50 Å². The Morgan fingerprint density at radius 1 is 1.50 bits per heavy atom. The van der Waals surface area contributed by atoms with Crippen molar-refractivity contribution in [3.8, 4) is 0 Å². The molecule has 0 aliphatic carbocycles. The van der Waals surface area contributed by atoms with Crippen molar-refractivity contribution in [3.63, 3.8) is 0 Å². The van der Waals surface area contributed by atoms with Crippen LogP contribution in [0.3, 0.4) is 0 Å². The number of aliphatic hydroxyl groups is 2. The Labute approximate surface area is 113 Å². The smallest absolute Gasteiger partial charge is 0.173 e. The molecule has 0 bridgehead atoms. The Hall–Kier alpha value is -1.84. The molecule has 0 aromatic carbocycles. The maximum atomic E-state index is 14.1. The zero-order valence-corrected chi connectivity index (χ0v) is 10.6. The average molecular weight is 283 g/mol. The molecule has 0 amide bonds. The number of hydrogen-bond acceptors (Lipinski definition) is 7. The van der Waals surface area contributed by atoms with E-state index in [0.717, 1.165) is 0 Å². The number of anilines is 1. The summed E-state index contributed by atoms with van der Waals surface area (Å²) in [5.41, 5.74) is 6.40. The summed E-state index contributed by atoms with van der Waals surface area (Å²) in [7, 11) is 0. The third kappa shape index (κ3) is 1.82. The van der Waals surface area contributed by atoms with Gasteiger partial charge in [0.15, 0.2) is 23.9 Å². The number of alkyl halides is 1. The molecule has 1 aliphatic heterocycles. The van der Waals surface area contributed by atoms with E-state index in [1.165, 1.54) is 10.9 Å². The van der Waals surface area contributed by atoms with Crippen molar-refractivity contribution in [1.82, 2.24) is 19.5 Å². The summed E-state index contributed by atoms with van der Waals surface area (Å²) in [6.45, 7) is 1.18. The van der Waals surface area contributed by atoms with Gasteiger partial charge in [-0.2, -0.15) is 0 Å². The lowest BCUT2D eigenvalue weighted by Gasteiger charge is -2.15. The van der Waals surface area contributed by atoms with E-state index in [1.54, 1.807) is 6.92 Å². The van der Waals surface area contributed by atoms with E-state index in [-0.39, 0.29) is 5.82 Å². The SMILES string of the molecule is Cc1nc(N)c2ncn(C3OC(CO)C(O)[C@H]3F)c2n1. The maximum absolute atomic E-state index is 14.1. The highest BCUT2D eigenvalue weighted by molar-refractivity contribution is 5.81. The second kappa shape index (κ2) is 4.62. The van der Waals surface area contributed by atoms with Crippen LogP contribution in [0.25, 0.3) is 11.2 Å². The van der Waals surface area contributed by atoms with Gasteiger partial charge in [-0.25, -0.2) is 19.3 Å². The summed E-state index contributed by atoms with van der Waals surface area (Å²) in [5.74, 6) is 0.614. The molecule has 0 saturated carbocycles. The van der Waals surface area contributed by atoms with Gasteiger partial charge in [0.05, 0.1) is 12.9 Å². The number of rotatable bonds is 2. The molecule has 3 heterocycles. The number of nitrogen functional groups attached to an aromatic ring is 1. The van der Waals surface area contributed by atoms with Crippen molar-refractivity contribution in [1.29, 1.82) is 0 Å². The second-order valence-corrected chi connectivity index (χ2v) is 4.66. The summed E-state index contributed by atoms with van der Waals surface area (Å²) >= 11 is 0. The van der Waals surface area contributed by atoms with Crippen LogP contribution in [0.1, 0.15) is 12.1 Å². The van der Waals surface area contributed by atoms with Crippen molar-refractivity contribution >= 4 is 17.0 Å². The van der Waals surface area contributed by atoms with Crippen molar-refractivity contribution in [2.24, 2.45) is 0 Å². The largest absolute Gasteiger partial charge is 0.394 e. The number of hydrogen-bond donors (Lipinski definition) is 3. The first-order valence-electron chi connectivity index (χ1n) is 6.08. The van der Waals surface area contributed by atoms with Gasteiger partial charge in [0.1, 0.15) is 23.5 Å². The third-order valence-corrected chi connectivity index (χ3v) is 3.31. The number of aromatic nitrogens is 4. The van der Waals surface area contributed by atoms with Crippen LogP contribution in [0.15, 0.2) is 6.33 Å². The van der Waals surface area contributed by atoms with Gasteiger partial charge in [0, 0.05) is 0 Å². The minimum atomic E-state index is -1.69. The zero-order chi connectivity index (χ0) is 14.4. The molecule has 20 heavy (non-hydrogen) atoms. The molecule has 1 aliphatic rings.